The number of aryl methyl sites for hydroxylation is 2. The van der Waals surface area contributed by atoms with E-state index in [-0.39, 0.29) is 17.4 Å². The van der Waals surface area contributed by atoms with Crippen LogP contribution in [0.1, 0.15) is 5.82 Å². The molecule has 0 spiro atoms. The van der Waals surface area contributed by atoms with E-state index < -0.39 is 25.3 Å². The molecule has 2 aromatic rings. The van der Waals surface area contributed by atoms with E-state index in [1.165, 1.54) is 22.9 Å². The molecular weight excluding hydrogens is 329 g/mol. The van der Waals surface area contributed by atoms with Gasteiger partial charge in [0.2, 0.25) is 5.95 Å². The highest BCUT2D eigenvalue weighted by atomic mass is 19.4. The Kier molecular flexibility index (Phi) is 5.27. The summed E-state index contributed by atoms with van der Waals surface area (Å²) in [5.41, 5.74) is 0. The molecule has 0 aliphatic heterocycles. The van der Waals surface area contributed by atoms with Gasteiger partial charge in [-0.15, -0.1) is 0 Å². The number of carbonyl (C=O) groups is 1. The predicted molar refractivity (Wildman–Crippen MR) is 77.9 cm³/mol. The van der Waals surface area contributed by atoms with Crippen molar-refractivity contribution in [3.8, 4) is 11.5 Å². The summed E-state index contributed by atoms with van der Waals surface area (Å²) in [6.45, 7) is -0.198. The first-order valence-corrected chi connectivity index (χ1v) is 6.83. The largest absolute Gasteiger partial charge is 0.480 e. The molecule has 0 bridgehead atoms. The number of rotatable bonds is 6. The molecule has 1 aromatic heterocycles. The Labute approximate surface area is 135 Å². The molecule has 0 atom stereocenters. The van der Waals surface area contributed by atoms with Crippen molar-refractivity contribution in [1.82, 2.24) is 14.8 Å². The molecule has 24 heavy (non-hydrogen) atoms. The summed E-state index contributed by atoms with van der Waals surface area (Å²) in [6.07, 6.45) is -4.46. The summed E-state index contributed by atoms with van der Waals surface area (Å²) < 4.78 is 47.9. The number of ether oxygens (including phenoxy) is 2. The lowest BCUT2D eigenvalue weighted by molar-refractivity contribution is -0.153. The first-order chi connectivity index (χ1) is 11.2. The van der Waals surface area contributed by atoms with E-state index >= 15 is 0 Å². The summed E-state index contributed by atoms with van der Waals surface area (Å²) in [5.74, 6) is 0.126. The third kappa shape index (κ3) is 5.14. The summed E-state index contributed by atoms with van der Waals surface area (Å²) >= 11 is 0. The van der Waals surface area contributed by atoms with Gasteiger partial charge in [0.25, 0.3) is 5.91 Å². The lowest BCUT2D eigenvalue weighted by atomic mass is 10.3. The smallest absolute Gasteiger partial charge is 0.422 e. The molecule has 0 saturated carbocycles. The van der Waals surface area contributed by atoms with Crippen molar-refractivity contribution >= 4 is 11.9 Å². The van der Waals surface area contributed by atoms with Gasteiger partial charge >= 0.3 is 6.18 Å². The maximum Gasteiger partial charge on any atom is 0.422 e. The van der Waals surface area contributed by atoms with Gasteiger partial charge < -0.3 is 9.47 Å². The molecule has 0 unspecified atom stereocenters. The zero-order chi connectivity index (χ0) is 17.7. The van der Waals surface area contributed by atoms with E-state index in [9.17, 15) is 18.0 Å². The minimum absolute atomic E-state index is 0.0334. The summed E-state index contributed by atoms with van der Waals surface area (Å²) in [5, 5.41) is 6.45. The predicted octanol–water partition coefficient (Wildman–Crippen LogP) is 2.08. The van der Waals surface area contributed by atoms with Crippen LogP contribution in [-0.2, 0) is 11.8 Å². The first-order valence-electron chi connectivity index (χ1n) is 6.83. The van der Waals surface area contributed by atoms with Gasteiger partial charge in [-0.1, -0.05) is 12.1 Å². The Hall–Kier alpha value is -2.78. The van der Waals surface area contributed by atoms with Crippen molar-refractivity contribution in [2.75, 3.05) is 18.5 Å². The highest BCUT2D eigenvalue weighted by Crippen LogP contribution is 2.28. The van der Waals surface area contributed by atoms with E-state index in [1.807, 2.05) is 0 Å². The number of carbonyl (C=O) groups excluding carboxylic acids is 1. The average Bonchev–Trinajstić information content (AvgIpc) is 2.80. The maximum atomic E-state index is 12.2. The fourth-order valence-electron chi connectivity index (χ4n) is 1.77. The summed E-state index contributed by atoms with van der Waals surface area (Å²) in [4.78, 5) is 15.8. The molecule has 1 aromatic carbocycles. The number of alkyl halides is 3. The Morgan fingerprint density at radius 2 is 1.88 bits per heavy atom. The van der Waals surface area contributed by atoms with Crippen LogP contribution in [0.5, 0.6) is 11.5 Å². The minimum Gasteiger partial charge on any atom is -0.480 e. The third-order valence-electron chi connectivity index (χ3n) is 2.72. The number of para-hydroxylation sites is 2. The molecule has 1 amide bonds. The molecule has 1 N–H and O–H groups in total. The van der Waals surface area contributed by atoms with E-state index in [2.05, 4.69) is 20.1 Å². The molecule has 2 rings (SSSR count). The topological polar surface area (TPSA) is 78.3 Å². The van der Waals surface area contributed by atoms with Gasteiger partial charge in [-0.3, -0.25) is 10.1 Å². The van der Waals surface area contributed by atoms with Crippen LogP contribution >= 0.6 is 0 Å². The van der Waals surface area contributed by atoms with Crippen molar-refractivity contribution in [1.29, 1.82) is 0 Å². The Morgan fingerprint density at radius 1 is 1.25 bits per heavy atom. The van der Waals surface area contributed by atoms with Crippen LogP contribution in [0.25, 0.3) is 0 Å². The molecule has 130 valence electrons. The Morgan fingerprint density at radius 3 is 2.42 bits per heavy atom. The van der Waals surface area contributed by atoms with Gasteiger partial charge in [-0.25, -0.2) is 4.68 Å². The zero-order valence-electron chi connectivity index (χ0n) is 12.9. The zero-order valence-corrected chi connectivity index (χ0v) is 12.9. The van der Waals surface area contributed by atoms with E-state index in [4.69, 9.17) is 4.74 Å². The minimum atomic E-state index is -4.46. The fraction of sp³-hybridized carbons (Fsp3) is 0.357. The van der Waals surface area contributed by atoms with E-state index in [0.717, 1.165) is 0 Å². The SMILES string of the molecule is Cc1nc(NC(=O)COc2ccccc2OCC(F)(F)F)n(C)n1. The van der Waals surface area contributed by atoms with E-state index in [0.29, 0.717) is 5.82 Å². The maximum absolute atomic E-state index is 12.2. The third-order valence-corrected chi connectivity index (χ3v) is 2.72. The normalized spacial score (nSPS) is 11.2. The van der Waals surface area contributed by atoms with Crippen molar-refractivity contribution in [2.24, 2.45) is 7.05 Å². The second kappa shape index (κ2) is 7.20. The number of amides is 1. The molecular formula is C14H15F3N4O3. The second-order valence-electron chi connectivity index (χ2n) is 4.79. The number of aromatic nitrogens is 3. The van der Waals surface area contributed by atoms with Gasteiger partial charge in [0.15, 0.2) is 24.7 Å². The molecule has 0 fully saturated rings. The average molecular weight is 344 g/mol. The van der Waals surface area contributed by atoms with Gasteiger partial charge in [0.1, 0.15) is 5.82 Å². The number of hydrogen-bond acceptors (Lipinski definition) is 5. The number of halogens is 3. The van der Waals surface area contributed by atoms with Crippen molar-refractivity contribution in [3.05, 3.63) is 30.1 Å². The molecule has 7 nitrogen and oxygen atoms in total. The second-order valence-corrected chi connectivity index (χ2v) is 4.79. The number of hydrogen-bond donors (Lipinski definition) is 1. The Balaban J connectivity index is 1.94. The van der Waals surface area contributed by atoms with Gasteiger partial charge in [0.05, 0.1) is 0 Å². The highest BCUT2D eigenvalue weighted by molar-refractivity contribution is 5.90. The van der Waals surface area contributed by atoms with Crippen molar-refractivity contribution < 1.29 is 27.4 Å². The van der Waals surface area contributed by atoms with Crippen molar-refractivity contribution in [2.45, 2.75) is 13.1 Å². The van der Waals surface area contributed by atoms with Crippen LogP contribution in [0.2, 0.25) is 0 Å². The lowest BCUT2D eigenvalue weighted by Gasteiger charge is -2.13. The number of nitrogens with one attached hydrogen (secondary N) is 1. The summed E-state index contributed by atoms with van der Waals surface area (Å²) in [6, 6.07) is 5.79. The molecule has 1 heterocycles. The number of benzene rings is 1. The van der Waals surface area contributed by atoms with Crippen LogP contribution in [0.15, 0.2) is 24.3 Å². The molecule has 0 aliphatic carbocycles. The van der Waals surface area contributed by atoms with Gasteiger partial charge in [0, 0.05) is 7.05 Å². The van der Waals surface area contributed by atoms with Crippen LogP contribution in [0.4, 0.5) is 19.1 Å². The van der Waals surface area contributed by atoms with Crippen LogP contribution in [0.3, 0.4) is 0 Å². The molecule has 0 saturated heterocycles. The Bertz CT molecular complexity index is 716. The molecule has 0 aliphatic rings. The standard InChI is InChI=1S/C14H15F3N4O3/c1-9-18-13(21(2)20-9)19-12(22)7-23-10-5-3-4-6-11(10)24-8-14(15,16)17/h3-6H,7-8H2,1-2H3,(H,18,19,20,22). The van der Waals surface area contributed by atoms with Crippen LogP contribution in [0, 0.1) is 6.92 Å². The highest BCUT2D eigenvalue weighted by Gasteiger charge is 2.29. The van der Waals surface area contributed by atoms with Crippen LogP contribution < -0.4 is 14.8 Å². The van der Waals surface area contributed by atoms with Gasteiger partial charge in [-0.2, -0.15) is 23.3 Å². The van der Waals surface area contributed by atoms with E-state index in [1.54, 1.807) is 20.0 Å². The van der Waals surface area contributed by atoms with Crippen LogP contribution in [-0.4, -0.2) is 40.1 Å². The lowest BCUT2D eigenvalue weighted by Crippen LogP contribution is -2.23. The first kappa shape index (κ1) is 17.6. The van der Waals surface area contributed by atoms with Crippen molar-refractivity contribution in [3.63, 3.8) is 0 Å². The number of anilines is 1. The fourth-order valence-corrected chi connectivity index (χ4v) is 1.77. The molecule has 10 heteroatoms. The number of nitrogens with zero attached hydrogens (tertiary/aromatic N) is 3. The monoisotopic (exact) mass is 344 g/mol. The summed E-state index contributed by atoms with van der Waals surface area (Å²) in [7, 11) is 1.61. The quantitative estimate of drug-likeness (QED) is 0.868. The van der Waals surface area contributed by atoms with Gasteiger partial charge in [-0.05, 0) is 19.1 Å². The molecule has 0 radical (unpaired) electrons.